The molecule has 0 saturated carbocycles. The summed E-state index contributed by atoms with van der Waals surface area (Å²) in [6, 6.07) is 8.46. The maximum atomic E-state index is 3.48. The molecule has 0 aliphatic heterocycles. The smallest absolute Gasteiger partial charge is 0.0370 e. The number of rotatable bonds is 7. The highest BCUT2D eigenvalue weighted by Crippen LogP contribution is 2.13. The largest absolute Gasteiger partial charge is 0.384 e. The second-order valence-corrected chi connectivity index (χ2v) is 5.76. The molecule has 0 radical (unpaired) electrons. The number of benzene rings is 1. The van der Waals surface area contributed by atoms with E-state index in [0.717, 1.165) is 12.5 Å². The number of aryl methyl sites for hydroxylation is 1. The normalized spacial score (nSPS) is 10.8. The lowest BCUT2D eigenvalue weighted by Gasteiger charge is -2.09. The molecule has 2 heteroatoms. The fourth-order valence-corrected chi connectivity index (χ4v) is 2.54. The van der Waals surface area contributed by atoms with Crippen molar-refractivity contribution in [1.29, 1.82) is 0 Å². The summed E-state index contributed by atoms with van der Waals surface area (Å²) >= 11 is 2.04. The number of hydrogen-bond acceptors (Lipinski definition) is 2. The molecular formula is C14H23NS. The Balaban J connectivity index is 2.10. The van der Waals surface area contributed by atoms with Crippen LogP contribution in [-0.4, -0.2) is 18.1 Å². The maximum Gasteiger partial charge on any atom is 0.0370 e. The topological polar surface area (TPSA) is 12.0 Å². The summed E-state index contributed by atoms with van der Waals surface area (Å²) in [4.78, 5) is 0. The van der Waals surface area contributed by atoms with Crippen molar-refractivity contribution in [3.63, 3.8) is 0 Å². The fraction of sp³-hybridized carbons (Fsp3) is 0.571. The highest BCUT2D eigenvalue weighted by molar-refractivity contribution is 7.99. The molecular weight excluding hydrogens is 214 g/mol. The van der Waals surface area contributed by atoms with Crippen LogP contribution in [0.25, 0.3) is 0 Å². The molecule has 1 nitrogen and oxygen atoms in total. The van der Waals surface area contributed by atoms with Crippen molar-refractivity contribution in [2.75, 3.05) is 23.4 Å². The third-order valence-corrected chi connectivity index (χ3v) is 3.56. The van der Waals surface area contributed by atoms with Crippen molar-refractivity contribution in [1.82, 2.24) is 0 Å². The van der Waals surface area contributed by atoms with Crippen LogP contribution in [0, 0.1) is 12.8 Å². The summed E-state index contributed by atoms with van der Waals surface area (Å²) in [7, 11) is 0. The Morgan fingerprint density at radius 3 is 2.62 bits per heavy atom. The molecule has 16 heavy (non-hydrogen) atoms. The van der Waals surface area contributed by atoms with Gasteiger partial charge in [-0.2, -0.15) is 11.8 Å². The lowest BCUT2D eigenvalue weighted by Crippen LogP contribution is -2.05. The number of thioether (sulfide) groups is 1. The van der Waals surface area contributed by atoms with Crippen molar-refractivity contribution in [3.05, 3.63) is 29.8 Å². The molecule has 0 aromatic heterocycles. The molecule has 1 N–H and O–H groups in total. The van der Waals surface area contributed by atoms with E-state index in [-0.39, 0.29) is 0 Å². The second-order valence-electron chi connectivity index (χ2n) is 4.54. The van der Waals surface area contributed by atoms with Gasteiger partial charge >= 0.3 is 0 Å². The summed E-state index contributed by atoms with van der Waals surface area (Å²) in [5.74, 6) is 3.31. The SMILES string of the molecule is Cc1ccccc1NCCSCCC(C)C. The zero-order valence-electron chi connectivity index (χ0n) is 10.6. The zero-order chi connectivity index (χ0) is 11.8. The minimum Gasteiger partial charge on any atom is -0.384 e. The molecule has 0 bridgehead atoms. The summed E-state index contributed by atoms with van der Waals surface area (Å²) < 4.78 is 0. The first kappa shape index (κ1) is 13.4. The van der Waals surface area contributed by atoms with E-state index in [1.165, 1.54) is 29.2 Å². The quantitative estimate of drug-likeness (QED) is 0.714. The molecule has 0 heterocycles. The van der Waals surface area contributed by atoms with Crippen LogP contribution in [0.3, 0.4) is 0 Å². The molecule has 90 valence electrons. The molecule has 1 rings (SSSR count). The average molecular weight is 237 g/mol. The Morgan fingerprint density at radius 2 is 1.94 bits per heavy atom. The first-order chi connectivity index (χ1) is 7.70. The van der Waals surface area contributed by atoms with E-state index < -0.39 is 0 Å². The van der Waals surface area contributed by atoms with Gasteiger partial charge in [0.05, 0.1) is 0 Å². The monoisotopic (exact) mass is 237 g/mol. The van der Waals surface area contributed by atoms with E-state index in [0.29, 0.717) is 0 Å². The van der Waals surface area contributed by atoms with Crippen molar-refractivity contribution in [2.45, 2.75) is 27.2 Å². The van der Waals surface area contributed by atoms with E-state index >= 15 is 0 Å². The van der Waals surface area contributed by atoms with Crippen LogP contribution in [0.1, 0.15) is 25.8 Å². The first-order valence-electron chi connectivity index (χ1n) is 6.07. The van der Waals surface area contributed by atoms with Gasteiger partial charge in [0.25, 0.3) is 0 Å². The molecule has 0 aliphatic rings. The third-order valence-electron chi connectivity index (χ3n) is 2.55. The van der Waals surface area contributed by atoms with Gasteiger partial charge in [-0.25, -0.2) is 0 Å². The lowest BCUT2D eigenvalue weighted by atomic mass is 10.2. The summed E-state index contributed by atoms with van der Waals surface area (Å²) in [6.07, 6.45) is 1.33. The number of anilines is 1. The lowest BCUT2D eigenvalue weighted by molar-refractivity contribution is 0.632. The highest BCUT2D eigenvalue weighted by Gasteiger charge is 1.96. The van der Waals surface area contributed by atoms with E-state index in [2.05, 4.69) is 50.4 Å². The van der Waals surface area contributed by atoms with Crippen LogP contribution in [0.4, 0.5) is 5.69 Å². The zero-order valence-corrected chi connectivity index (χ0v) is 11.4. The van der Waals surface area contributed by atoms with Gasteiger partial charge in [0, 0.05) is 18.0 Å². The highest BCUT2D eigenvalue weighted by atomic mass is 32.2. The molecule has 0 amide bonds. The number of nitrogens with one attached hydrogen (secondary N) is 1. The van der Waals surface area contributed by atoms with Gasteiger partial charge in [-0.1, -0.05) is 32.0 Å². The Labute approximate surface area is 104 Å². The Bertz CT molecular complexity index is 297. The van der Waals surface area contributed by atoms with Crippen LogP contribution in [-0.2, 0) is 0 Å². The average Bonchev–Trinajstić information content (AvgIpc) is 2.25. The minimum atomic E-state index is 0.830. The minimum absolute atomic E-state index is 0.830. The molecule has 1 aromatic rings. The standard InChI is InChI=1S/C14H23NS/c1-12(2)8-10-16-11-9-15-14-7-5-4-6-13(14)3/h4-7,12,15H,8-11H2,1-3H3. The maximum absolute atomic E-state index is 3.48. The fourth-order valence-electron chi connectivity index (χ4n) is 1.45. The van der Waals surface area contributed by atoms with Gasteiger partial charge in [0.1, 0.15) is 0 Å². The molecule has 0 fully saturated rings. The van der Waals surface area contributed by atoms with Crippen LogP contribution in [0.5, 0.6) is 0 Å². The Kier molecular flexibility index (Phi) is 6.39. The molecule has 0 spiro atoms. The third kappa shape index (κ3) is 5.45. The predicted molar refractivity (Wildman–Crippen MR) is 76.4 cm³/mol. The van der Waals surface area contributed by atoms with Crippen molar-refractivity contribution in [2.24, 2.45) is 5.92 Å². The van der Waals surface area contributed by atoms with Crippen LogP contribution in [0.15, 0.2) is 24.3 Å². The molecule has 0 saturated heterocycles. The Morgan fingerprint density at radius 1 is 1.19 bits per heavy atom. The van der Waals surface area contributed by atoms with Gasteiger partial charge in [-0.05, 0) is 36.6 Å². The van der Waals surface area contributed by atoms with Gasteiger partial charge in [-0.15, -0.1) is 0 Å². The molecule has 0 aliphatic carbocycles. The van der Waals surface area contributed by atoms with Crippen LogP contribution >= 0.6 is 11.8 Å². The summed E-state index contributed by atoms with van der Waals surface area (Å²) in [5, 5.41) is 3.48. The van der Waals surface area contributed by atoms with E-state index in [1.807, 2.05) is 11.8 Å². The Hall–Kier alpha value is -0.630. The van der Waals surface area contributed by atoms with Crippen molar-refractivity contribution < 1.29 is 0 Å². The van der Waals surface area contributed by atoms with E-state index in [1.54, 1.807) is 0 Å². The van der Waals surface area contributed by atoms with Gasteiger partial charge in [0.2, 0.25) is 0 Å². The van der Waals surface area contributed by atoms with Gasteiger partial charge in [0.15, 0.2) is 0 Å². The number of hydrogen-bond donors (Lipinski definition) is 1. The van der Waals surface area contributed by atoms with E-state index in [4.69, 9.17) is 0 Å². The second kappa shape index (κ2) is 7.61. The van der Waals surface area contributed by atoms with E-state index in [9.17, 15) is 0 Å². The summed E-state index contributed by atoms with van der Waals surface area (Å²) in [5.41, 5.74) is 2.60. The van der Waals surface area contributed by atoms with Crippen LogP contribution < -0.4 is 5.32 Å². The van der Waals surface area contributed by atoms with Gasteiger partial charge in [-0.3, -0.25) is 0 Å². The van der Waals surface area contributed by atoms with Crippen molar-refractivity contribution in [3.8, 4) is 0 Å². The molecule has 1 aromatic carbocycles. The van der Waals surface area contributed by atoms with Crippen molar-refractivity contribution >= 4 is 17.4 Å². The van der Waals surface area contributed by atoms with Crippen LogP contribution in [0.2, 0.25) is 0 Å². The van der Waals surface area contributed by atoms with Gasteiger partial charge < -0.3 is 5.32 Å². The molecule has 0 unspecified atom stereocenters. The first-order valence-corrected chi connectivity index (χ1v) is 7.23. The summed E-state index contributed by atoms with van der Waals surface area (Å²) in [6.45, 7) is 7.78. The number of para-hydroxylation sites is 1. The molecule has 0 atom stereocenters. The predicted octanol–water partition coefficient (Wildman–Crippen LogP) is 4.19.